The summed E-state index contributed by atoms with van der Waals surface area (Å²) in [6.45, 7) is -1.69. The van der Waals surface area contributed by atoms with Crippen LogP contribution < -0.4 is 0 Å². The van der Waals surface area contributed by atoms with Crippen LogP contribution in [0.4, 0.5) is 0 Å². The molecule has 0 aliphatic carbocycles. The lowest BCUT2D eigenvalue weighted by atomic mass is 9.96. The first-order valence-electron chi connectivity index (χ1n) is 14.2. The van der Waals surface area contributed by atoms with Gasteiger partial charge in [0.05, 0.1) is 26.4 Å². The molecule has 0 aromatic carbocycles. The summed E-state index contributed by atoms with van der Waals surface area (Å²) in [6.07, 6.45) is -23.0. The Bertz CT molecular complexity index is 888. The van der Waals surface area contributed by atoms with Gasteiger partial charge in [-0.1, -0.05) is 5.11 Å². The van der Waals surface area contributed by atoms with Gasteiger partial charge >= 0.3 is 0 Å². The monoisotopic (exact) mass is 661 g/mol. The molecule has 3 fully saturated rings. The van der Waals surface area contributed by atoms with Crippen LogP contribution in [0.1, 0.15) is 12.8 Å². The Hall–Kier alpha value is -0.980. The number of aliphatic hydroxyl groups excluding tert-OH is 10. The van der Waals surface area contributed by atoms with E-state index in [0.717, 1.165) is 12.2 Å². The van der Waals surface area contributed by atoms with Gasteiger partial charge < -0.3 is 79.5 Å². The van der Waals surface area contributed by atoms with Crippen LogP contribution in [0.25, 0.3) is 10.4 Å². The van der Waals surface area contributed by atoms with Crippen molar-refractivity contribution in [3.63, 3.8) is 0 Å². The maximum atomic E-state index is 10.8. The predicted octanol–water partition coefficient (Wildman–Crippen LogP) is -4.72. The van der Waals surface area contributed by atoms with Crippen molar-refractivity contribution in [1.29, 1.82) is 0 Å². The van der Waals surface area contributed by atoms with Crippen LogP contribution in [-0.2, 0) is 28.4 Å². The van der Waals surface area contributed by atoms with E-state index in [4.69, 9.17) is 34.0 Å². The Morgan fingerprint density at radius 2 is 1.09 bits per heavy atom. The second kappa shape index (κ2) is 18.4. The molecular weight excluding hydrogens is 618 g/mol. The van der Waals surface area contributed by atoms with Crippen LogP contribution in [0.15, 0.2) is 5.11 Å². The smallest absolute Gasteiger partial charge is 0.187 e. The molecule has 0 aromatic rings. The van der Waals surface area contributed by atoms with Crippen molar-refractivity contribution in [2.24, 2.45) is 5.11 Å². The summed E-state index contributed by atoms with van der Waals surface area (Å²) in [7, 11) is 0. The lowest BCUT2D eigenvalue weighted by Gasteiger charge is -2.48. The fraction of sp³-hybridized carbons (Fsp3) is 1.00. The lowest BCUT2D eigenvalue weighted by Crippen LogP contribution is -2.66. The van der Waals surface area contributed by atoms with E-state index in [2.05, 4.69) is 10.0 Å². The van der Waals surface area contributed by atoms with Crippen molar-refractivity contribution in [3.8, 4) is 0 Å². The highest BCUT2D eigenvalue weighted by Gasteiger charge is 2.53. The summed E-state index contributed by atoms with van der Waals surface area (Å²) >= 11 is 1.62. The average Bonchev–Trinajstić information content (AvgIpc) is 3.02. The molecule has 0 bridgehead atoms. The second-order valence-electron chi connectivity index (χ2n) is 10.5. The van der Waals surface area contributed by atoms with Crippen LogP contribution in [0.5, 0.6) is 0 Å². The first-order valence-corrected chi connectivity index (χ1v) is 15.3. The van der Waals surface area contributed by atoms with Gasteiger partial charge in [0.1, 0.15) is 73.2 Å². The fourth-order valence-corrected chi connectivity index (χ4v) is 5.78. The molecule has 0 amide bonds. The van der Waals surface area contributed by atoms with Gasteiger partial charge in [0.2, 0.25) is 0 Å². The molecule has 19 nitrogen and oxygen atoms in total. The lowest BCUT2D eigenvalue weighted by molar-refractivity contribution is -0.379. The molecule has 3 rings (SSSR count). The van der Waals surface area contributed by atoms with Crippen LogP contribution in [0.3, 0.4) is 0 Å². The Labute approximate surface area is 256 Å². The first kappa shape index (κ1) is 37.5. The van der Waals surface area contributed by atoms with Crippen molar-refractivity contribution in [1.82, 2.24) is 0 Å². The standard InChI is InChI=1S/C24H43N3O16S/c25-27-26-3-1-5-44-6-2-4-38-22-18(36)15(33)20(11(8-29)40-22)43-24-19(37)16(34)21(12(9-30)41-24)42-23-17(35)14(32)13(31)10(7-28)39-23/h10-24,28-37H,1-9H2/t10-,11-,12-,13-,14+,15-,16-,17-,18-,19-,20-,21-,22-,23-,24-/m1/s1. The summed E-state index contributed by atoms with van der Waals surface area (Å²) in [5.41, 5.74) is 8.27. The van der Waals surface area contributed by atoms with Crippen molar-refractivity contribution in [3.05, 3.63) is 10.4 Å². The van der Waals surface area contributed by atoms with Gasteiger partial charge in [-0.2, -0.15) is 11.8 Å². The van der Waals surface area contributed by atoms with Crippen LogP contribution in [-0.4, -0.2) is 188 Å². The number of thioether (sulfide) groups is 1. The zero-order valence-electron chi connectivity index (χ0n) is 23.7. The molecule has 15 atom stereocenters. The van der Waals surface area contributed by atoms with E-state index in [1.54, 1.807) is 11.8 Å². The van der Waals surface area contributed by atoms with Gasteiger partial charge in [-0.05, 0) is 29.9 Å². The Balaban J connectivity index is 1.55. The number of hydrogen-bond acceptors (Lipinski definition) is 18. The Morgan fingerprint density at radius 3 is 1.64 bits per heavy atom. The number of aliphatic hydroxyl groups is 10. The molecule has 0 aromatic heterocycles. The van der Waals surface area contributed by atoms with Crippen LogP contribution in [0, 0.1) is 0 Å². The highest BCUT2D eigenvalue weighted by Crippen LogP contribution is 2.32. The normalized spacial score (nSPS) is 43.0. The number of azide groups is 1. The topological polar surface area (TPSA) is 306 Å². The maximum Gasteiger partial charge on any atom is 0.187 e. The van der Waals surface area contributed by atoms with Gasteiger partial charge in [0, 0.05) is 11.5 Å². The molecule has 3 aliphatic heterocycles. The minimum Gasteiger partial charge on any atom is -0.394 e. The number of rotatable bonds is 16. The van der Waals surface area contributed by atoms with E-state index in [9.17, 15) is 51.1 Å². The molecule has 20 heteroatoms. The maximum absolute atomic E-state index is 10.8. The Kier molecular flexibility index (Phi) is 15.7. The summed E-state index contributed by atoms with van der Waals surface area (Å²) in [5, 5.41) is 106. The third kappa shape index (κ3) is 9.31. The fourth-order valence-electron chi connectivity index (χ4n) is 4.93. The van der Waals surface area contributed by atoms with E-state index in [-0.39, 0.29) is 6.61 Å². The second-order valence-corrected chi connectivity index (χ2v) is 11.7. The van der Waals surface area contributed by atoms with Gasteiger partial charge in [-0.15, -0.1) is 0 Å². The molecule has 44 heavy (non-hydrogen) atoms. The third-order valence-corrected chi connectivity index (χ3v) is 8.55. The number of ether oxygens (including phenoxy) is 6. The van der Waals surface area contributed by atoms with Gasteiger partial charge in [0.25, 0.3) is 0 Å². The molecule has 3 heterocycles. The predicted molar refractivity (Wildman–Crippen MR) is 146 cm³/mol. The molecule has 3 aliphatic rings. The third-order valence-electron chi connectivity index (χ3n) is 7.40. The molecule has 256 valence electrons. The van der Waals surface area contributed by atoms with Crippen LogP contribution in [0.2, 0.25) is 0 Å². The van der Waals surface area contributed by atoms with E-state index >= 15 is 0 Å². The highest BCUT2D eigenvalue weighted by atomic mass is 32.2. The first-order chi connectivity index (χ1) is 21.1. The van der Waals surface area contributed by atoms with E-state index < -0.39 is 112 Å². The molecule has 0 saturated carbocycles. The van der Waals surface area contributed by atoms with Crippen molar-refractivity contribution in [2.75, 3.05) is 44.5 Å². The summed E-state index contributed by atoms with van der Waals surface area (Å²) in [6, 6.07) is 0. The molecule has 3 saturated heterocycles. The summed E-state index contributed by atoms with van der Waals surface area (Å²) < 4.78 is 33.1. The number of hydrogen-bond donors (Lipinski definition) is 10. The largest absolute Gasteiger partial charge is 0.394 e. The van der Waals surface area contributed by atoms with Gasteiger partial charge in [-0.3, -0.25) is 0 Å². The van der Waals surface area contributed by atoms with Crippen molar-refractivity contribution < 1.29 is 79.5 Å². The molecule has 0 spiro atoms. The minimum absolute atomic E-state index is 0.159. The van der Waals surface area contributed by atoms with Crippen LogP contribution >= 0.6 is 11.8 Å². The molecule has 10 N–H and O–H groups in total. The van der Waals surface area contributed by atoms with E-state index in [0.29, 0.717) is 18.7 Å². The van der Waals surface area contributed by atoms with Crippen molar-refractivity contribution >= 4 is 11.8 Å². The average molecular weight is 662 g/mol. The molecular formula is C24H43N3O16S. The zero-order chi connectivity index (χ0) is 32.4. The molecule has 0 unspecified atom stereocenters. The van der Waals surface area contributed by atoms with E-state index in [1.165, 1.54) is 0 Å². The minimum atomic E-state index is -1.91. The summed E-state index contributed by atoms with van der Waals surface area (Å²) in [5.74, 6) is 1.50. The van der Waals surface area contributed by atoms with Gasteiger partial charge in [0.15, 0.2) is 18.9 Å². The zero-order valence-corrected chi connectivity index (χ0v) is 24.5. The quantitative estimate of drug-likeness (QED) is 0.0321. The van der Waals surface area contributed by atoms with E-state index in [1.807, 2.05) is 0 Å². The molecule has 0 radical (unpaired) electrons. The summed E-state index contributed by atoms with van der Waals surface area (Å²) in [4.78, 5) is 2.68. The highest BCUT2D eigenvalue weighted by molar-refractivity contribution is 7.99. The SMILES string of the molecule is [N-]=[N+]=NCCCSCCCO[C@@H]1O[C@H](CO)[C@@H](O[C@H]2O[C@H](CO)[C@@H](O[C@H]3O[C@H](CO)[C@@H](O)[C@H](O)[C@H]3O)[C@H](O)[C@H]2O)[C@H](O)[C@H]1O. The van der Waals surface area contributed by atoms with Gasteiger partial charge in [-0.25, -0.2) is 0 Å². The van der Waals surface area contributed by atoms with Crippen molar-refractivity contribution in [2.45, 2.75) is 105 Å². The Morgan fingerprint density at radius 1 is 0.614 bits per heavy atom. The number of nitrogens with zero attached hydrogens (tertiary/aromatic N) is 3.